The van der Waals surface area contributed by atoms with Gasteiger partial charge in [0, 0.05) is 45.6 Å². The zero-order valence-electron chi connectivity index (χ0n) is 14.8. The molecule has 1 rings (SSSR count). The number of carbonyl (C=O) groups excluding carboxylic acids is 2. The zero-order valence-corrected chi connectivity index (χ0v) is 17.1. The summed E-state index contributed by atoms with van der Waals surface area (Å²) >= 11 is 0. The second kappa shape index (κ2) is 14.3. The summed E-state index contributed by atoms with van der Waals surface area (Å²) in [7, 11) is 1.41. The van der Waals surface area contributed by atoms with E-state index in [9.17, 15) is 9.59 Å². The maximum Gasteiger partial charge on any atom is 0.305 e. The SMILES string of the molecule is CCNC(=NCCCN1CCCC1=O)NCCCCC(=O)OC.I. The lowest BCUT2D eigenvalue weighted by Crippen LogP contribution is -2.38. The van der Waals surface area contributed by atoms with Gasteiger partial charge in [0.25, 0.3) is 0 Å². The van der Waals surface area contributed by atoms with Crippen molar-refractivity contribution in [1.29, 1.82) is 0 Å². The molecule has 0 saturated carbocycles. The Labute approximate surface area is 162 Å². The number of nitrogens with zero attached hydrogens (tertiary/aromatic N) is 2. The molecule has 0 atom stereocenters. The molecule has 1 aliphatic heterocycles. The Kier molecular flexibility index (Phi) is 13.7. The third-order valence-corrected chi connectivity index (χ3v) is 3.70. The van der Waals surface area contributed by atoms with Crippen molar-refractivity contribution in [1.82, 2.24) is 15.5 Å². The van der Waals surface area contributed by atoms with E-state index in [1.165, 1.54) is 7.11 Å². The quantitative estimate of drug-likeness (QED) is 0.172. The number of hydrogen-bond acceptors (Lipinski definition) is 4. The van der Waals surface area contributed by atoms with Crippen LogP contribution in [-0.2, 0) is 14.3 Å². The molecular weight excluding hydrogens is 423 g/mol. The van der Waals surface area contributed by atoms with E-state index in [0.717, 1.165) is 57.8 Å². The maximum atomic E-state index is 11.5. The largest absolute Gasteiger partial charge is 0.469 e. The Morgan fingerprint density at radius 1 is 1.29 bits per heavy atom. The average Bonchev–Trinajstić information content (AvgIpc) is 2.95. The molecule has 0 spiro atoms. The summed E-state index contributed by atoms with van der Waals surface area (Å²) in [6, 6.07) is 0. The number of amides is 1. The highest BCUT2D eigenvalue weighted by Crippen LogP contribution is 2.09. The van der Waals surface area contributed by atoms with Gasteiger partial charge in [0.05, 0.1) is 7.11 Å². The van der Waals surface area contributed by atoms with Crippen molar-refractivity contribution < 1.29 is 14.3 Å². The standard InChI is InChI=1S/C16H30N4O3.HI/c1-3-17-16(18-10-5-4-9-15(22)23-2)19-11-7-13-20-12-6-8-14(20)21;/h3-13H2,1-2H3,(H2,17,18,19);1H. The summed E-state index contributed by atoms with van der Waals surface area (Å²) in [4.78, 5) is 29.0. The molecular formula is C16H31IN4O3. The topological polar surface area (TPSA) is 83.0 Å². The lowest BCUT2D eigenvalue weighted by atomic mass is 10.2. The predicted octanol–water partition coefficient (Wildman–Crippen LogP) is 1.52. The van der Waals surface area contributed by atoms with Crippen molar-refractivity contribution in [2.45, 2.75) is 45.4 Å². The molecule has 8 heteroatoms. The molecule has 0 aliphatic carbocycles. The first-order valence-corrected chi connectivity index (χ1v) is 8.54. The van der Waals surface area contributed by atoms with Crippen molar-refractivity contribution in [2.75, 3.05) is 39.8 Å². The van der Waals surface area contributed by atoms with Gasteiger partial charge in [-0.05, 0) is 32.6 Å². The van der Waals surface area contributed by atoms with Gasteiger partial charge in [-0.15, -0.1) is 24.0 Å². The van der Waals surface area contributed by atoms with E-state index in [1.54, 1.807) is 0 Å². The summed E-state index contributed by atoms with van der Waals surface area (Å²) in [6.45, 7) is 5.98. The number of rotatable bonds is 10. The van der Waals surface area contributed by atoms with Gasteiger partial charge >= 0.3 is 5.97 Å². The molecule has 1 amide bonds. The third-order valence-electron chi connectivity index (χ3n) is 3.70. The maximum absolute atomic E-state index is 11.5. The lowest BCUT2D eigenvalue weighted by Gasteiger charge is -2.15. The number of methoxy groups -OCH3 is 1. The molecule has 1 saturated heterocycles. The van der Waals surface area contributed by atoms with Crippen LogP contribution in [0, 0.1) is 0 Å². The van der Waals surface area contributed by atoms with Crippen LogP contribution in [0.1, 0.15) is 45.4 Å². The van der Waals surface area contributed by atoms with Gasteiger partial charge in [-0.2, -0.15) is 0 Å². The van der Waals surface area contributed by atoms with E-state index in [1.807, 2.05) is 11.8 Å². The van der Waals surface area contributed by atoms with Crippen molar-refractivity contribution >= 4 is 41.8 Å². The molecule has 0 unspecified atom stereocenters. The first-order valence-electron chi connectivity index (χ1n) is 8.54. The molecule has 0 aromatic carbocycles. The van der Waals surface area contributed by atoms with Gasteiger partial charge in [0.15, 0.2) is 5.96 Å². The fourth-order valence-corrected chi connectivity index (χ4v) is 2.44. The molecule has 0 aromatic rings. The van der Waals surface area contributed by atoms with E-state index >= 15 is 0 Å². The van der Waals surface area contributed by atoms with Crippen LogP contribution in [0.25, 0.3) is 0 Å². The van der Waals surface area contributed by atoms with Crippen LogP contribution in [0.15, 0.2) is 4.99 Å². The van der Waals surface area contributed by atoms with E-state index in [0.29, 0.717) is 19.4 Å². The smallest absolute Gasteiger partial charge is 0.305 e. The first-order chi connectivity index (χ1) is 11.2. The summed E-state index contributed by atoms with van der Waals surface area (Å²) in [6.07, 6.45) is 4.70. The molecule has 1 fully saturated rings. The summed E-state index contributed by atoms with van der Waals surface area (Å²) in [5, 5.41) is 6.45. The van der Waals surface area contributed by atoms with E-state index in [4.69, 9.17) is 0 Å². The Morgan fingerprint density at radius 2 is 2.08 bits per heavy atom. The molecule has 24 heavy (non-hydrogen) atoms. The van der Waals surface area contributed by atoms with Crippen molar-refractivity contribution in [3.05, 3.63) is 0 Å². The molecule has 0 bridgehead atoms. The van der Waals surface area contributed by atoms with Gasteiger partial charge < -0.3 is 20.3 Å². The van der Waals surface area contributed by atoms with Crippen LogP contribution in [0.2, 0.25) is 0 Å². The number of aliphatic imine (C=N–C) groups is 1. The molecule has 7 nitrogen and oxygen atoms in total. The Hall–Kier alpha value is -1.06. The van der Waals surface area contributed by atoms with Crippen LogP contribution in [-0.4, -0.2) is 62.6 Å². The fraction of sp³-hybridized carbons (Fsp3) is 0.812. The van der Waals surface area contributed by atoms with Crippen molar-refractivity contribution in [3.8, 4) is 0 Å². The van der Waals surface area contributed by atoms with E-state index in [-0.39, 0.29) is 35.9 Å². The highest BCUT2D eigenvalue weighted by Gasteiger charge is 2.18. The number of likely N-dealkylation sites (tertiary alicyclic amines) is 1. The highest BCUT2D eigenvalue weighted by molar-refractivity contribution is 14.0. The summed E-state index contributed by atoms with van der Waals surface area (Å²) < 4.78 is 4.61. The van der Waals surface area contributed by atoms with Crippen LogP contribution < -0.4 is 10.6 Å². The van der Waals surface area contributed by atoms with Crippen LogP contribution in [0.3, 0.4) is 0 Å². The van der Waals surface area contributed by atoms with Crippen molar-refractivity contribution in [2.24, 2.45) is 4.99 Å². The minimum atomic E-state index is -0.165. The van der Waals surface area contributed by atoms with Crippen LogP contribution in [0.4, 0.5) is 0 Å². The number of halogens is 1. The Bertz CT molecular complexity index is 405. The number of nitrogens with one attached hydrogen (secondary N) is 2. The minimum Gasteiger partial charge on any atom is -0.469 e. The van der Waals surface area contributed by atoms with Gasteiger partial charge in [-0.25, -0.2) is 0 Å². The number of unbranched alkanes of at least 4 members (excludes halogenated alkanes) is 1. The molecule has 2 N–H and O–H groups in total. The Balaban J connectivity index is 0.00000529. The van der Waals surface area contributed by atoms with Gasteiger partial charge in [-0.1, -0.05) is 0 Å². The zero-order chi connectivity index (χ0) is 16.9. The number of guanidine groups is 1. The average molecular weight is 454 g/mol. The predicted molar refractivity (Wildman–Crippen MR) is 106 cm³/mol. The number of esters is 1. The van der Waals surface area contributed by atoms with E-state index in [2.05, 4.69) is 20.4 Å². The van der Waals surface area contributed by atoms with Gasteiger partial charge in [0.1, 0.15) is 0 Å². The normalized spacial score (nSPS) is 14.3. The van der Waals surface area contributed by atoms with E-state index < -0.39 is 0 Å². The fourth-order valence-electron chi connectivity index (χ4n) is 2.44. The van der Waals surface area contributed by atoms with Gasteiger partial charge in [0.2, 0.25) is 5.91 Å². The van der Waals surface area contributed by atoms with Gasteiger partial charge in [-0.3, -0.25) is 14.6 Å². The molecule has 140 valence electrons. The molecule has 0 radical (unpaired) electrons. The second-order valence-electron chi connectivity index (χ2n) is 5.56. The number of hydrogen-bond donors (Lipinski definition) is 2. The first kappa shape index (κ1) is 22.9. The lowest BCUT2D eigenvalue weighted by molar-refractivity contribution is -0.140. The third kappa shape index (κ3) is 9.94. The van der Waals surface area contributed by atoms with Crippen LogP contribution >= 0.6 is 24.0 Å². The monoisotopic (exact) mass is 454 g/mol. The number of ether oxygens (including phenoxy) is 1. The van der Waals surface area contributed by atoms with Crippen molar-refractivity contribution in [3.63, 3.8) is 0 Å². The summed E-state index contributed by atoms with van der Waals surface area (Å²) in [5.41, 5.74) is 0. The Morgan fingerprint density at radius 3 is 2.71 bits per heavy atom. The number of carbonyl (C=O) groups is 2. The summed E-state index contributed by atoms with van der Waals surface area (Å²) in [5.74, 6) is 0.893. The minimum absolute atomic E-state index is 0. The molecule has 0 aromatic heterocycles. The molecule has 1 heterocycles. The second-order valence-corrected chi connectivity index (χ2v) is 5.56. The molecule has 1 aliphatic rings. The van der Waals surface area contributed by atoms with Crippen LogP contribution in [0.5, 0.6) is 0 Å². The highest BCUT2D eigenvalue weighted by atomic mass is 127.